The zero-order valence-corrected chi connectivity index (χ0v) is 14.0. The quantitative estimate of drug-likeness (QED) is 0.356. The van der Waals surface area contributed by atoms with Crippen LogP contribution in [0.5, 0.6) is 0 Å². The van der Waals surface area contributed by atoms with E-state index in [1.807, 2.05) is 18.9 Å². The van der Waals surface area contributed by atoms with Gasteiger partial charge in [0.15, 0.2) is 5.96 Å². The Hall–Kier alpha value is -1.02. The second-order valence-electron chi connectivity index (χ2n) is 5.70. The van der Waals surface area contributed by atoms with Gasteiger partial charge in [-0.05, 0) is 32.1 Å². The smallest absolute Gasteiger partial charge is 0.379 e. The Morgan fingerprint density at radius 2 is 2.00 bits per heavy atom. The molecule has 8 heteroatoms. The first kappa shape index (κ1) is 20.0. The van der Waals surface area contributed by atoms with Gasteiger partial charge in [0.25, 0.3) is 0 Å². The summed E-state index contributed by atoms with van der Waals surface area (Å²) in [7, 11) is 1.92. The van der Waals surface area contributed by atoms with Gasteiger partial charge in [-0.25, -0.2) is 0 Å². The lowest BCUT2D eigenvalue weighted by Crippen LogP contribution is -2.40. The molecule has 0 aromatic heterocycles. The minimum atomic E-state index is -4.27. The molecule has 0 aromatic carbocycles. The maximum absolute atomic E-state index is 11.9. The lowest BCUT2D eigenvalue weighted by molar-refractivity contribution is -0.173. The molecule has 0 amide bonds. The maximum Gasteiger partial charge on any atom is 0.411 e. The van der Waals surface area contributed by atoms with E-state index < -0.39 is 12.8 Å². The summed E-state index contributed by atoms with van der Waals surface area (Å²) in [6.45, 7) is 4.18. The van der Waals surface area contributed by atoms with Crippen molar-refractivity contribution in [2.24, 2.45) is 10.9 Å². The molecule has 0 heterocycles. The highest BCUT2D eigenvalue weighted by molar-refractivity contribution is 5.79. The Labute approximate surface area is 136 Å². The van der Waals surface area contributed by atoms with E-state index in [9.17, 15) is 13.2 Å². The monoisotopic (exact) mass is 339 g/mol. The largest absolute Gasteiger partial charge is 0.411 e. The standard InChI is InChI=1S/C15H28F3N3O2/c1-3-19-14(20-7-4-9-23-12-15(16,17)18)21(2)8-10-22-11-13-5-6-13/h13H,3-12H2,1-2H3,(H,19,20). The summed E-state index contributed by atoms with van der Waals surface area (Å²) in [5.74, 6) is 1.48. The molecule has 0 unspecified atom stereocenters. The molecule has 0 spiro atoms. The van der Waals surface area contributed by atoms with Gasteiger partial charge in [-0.1, -0.05) is 0 Å². The molecule has 1 aliphatic carbocycles. The van der Waals surface area contributed by atoms with Crippen molar-refractivity contribution < 1.29 is 22.6 Å². The molecule has 1 N–H and O–H groups in total. The van der Waals surface area contributed by atoms with Crippen molar-refractivity contribution in [2.45, 2.75) is 32.4 Å². The zero-order chi connectivity index (χ0) is 17.1. The first-order chi connectivity index (χ1) is 10.9. The van der Waals surface area contributed by atoms with Crippen molar-refractivity contribution in [3.63, 3.8) is 0 Å². The SMILES string of the molecule is CCNC(=NCCCOCC(F)(F)F)N(C)CCOCC1CC1. The predicted octanol–water partition coefficient (Wildman–Crippen LogP) is 2.28. The van der Waals surface area contributed by atoms with Gasteiger partial charge in [-0.2, -0.15) is 13.2 Å². The van der Waals surface area contributed by atoms with Crippen LogP contribution < -0.4 is 5.32 Å². The second kappa shape index (κ2) is 10.7. The molecule has 0 aromatic rings. The molecular formula is C15H28F3N3O2. The van der Waals surface area contributed by atoms with E-state index in [2.05, 4.69) is 15.0 Å². The van der Waals surface area contributed by atoms with Gasteiger partial charge >= 0.3 is 6.18 Å². The summed E-state index contributed by atoms with van der Waals surface area (Å²) >= 11 is 0. The predicted molar refractivity (Wildman–Crippen MR) is 83.6 cm³/mol. The molecular weight excluding hydrogens is 311 g/mol. The average molecular weight is 339 g/mol. The Kier molecular flexibility index (Phi) is 9.31. The summed E-state index contributed by atoms with van der Waals surface area (Å²) < 4.78 is 45.9. The van der Waals surface area contributed by atoms with Gasteiger partial charge in [-0.15, -0.1) is 0 Å². The molecule has 0 radical (unpaired) electrons. The van der Waals surface area contributed by atoms with Crippen molar-refractivity contribution in [1.82, 2.24) is 10.2 Å². The normalized spacial score (nSPS) is 15.8. The molecule has 0 atom stereocenters. The minimum Gasteiger partial charge on any atom is -0.379 e. The van der Waals surface area contributed by atoms with Crippen LogP contribution in [-0.2, 0) is 9.47 Å². The Balaban J connectivity index is 2.16. The molecule has 0 aliphatic heterocycles. The number of ether oxygens (including phenoxy) is 2. The lowest BCUT2D eigenvalue weighted by atomic mass is 10.4. The van der Waals surface area contributed by atoms with E-state index in [0.29, 0.717) is 19.6 Å². The Bertz CT molecular complexity index is 347. The molecule has 23 heavy (non-hydrogen) atoms. The third-order valence-electron chi connectivity index (χ3n) is 3.29. The molecule has 0 saturated heterocycles. The van der Waals surface area contributed by atoms with Crippen LogP contribution in [0.3, 0.4) is 0 Å². The van der Waals surface area contributed by atoms with Crippen LogP contribution >= 0.6 is 0 Å². The van der Waals surface area contributed by atoms with E-state index in [-0.39, 0.29) is 6.61 Å². The van der Waals surface area contributed by atoms with Crippen molar-refractivity contribution in [3.8, 4) is 0 Å². The number of rotatable bonds is 11. The number of guanidine groups is 1. The molecule has 0 bridgehead atoms. The summed E-state index contributed by atoms with van der Waals surface area (Å²) in [6.07, 6.45) is -1.26. The fraction of sp³-hybridized carbons (Fsp3) is 0.933. The first-order valence-corrected chi connectivity index (χ1v) is 8.14. The minimum absolute atomic E-state index is 0.0522. The van der Waals surface area contributed by atoms with Crippen molar-refractivity contribution in [2.75, 3.05) is 53.1 Å². The fourth-order valence-electron chi connectivity index (χ4n) is 1.85. The van der Waals surface area contributed by atoms with Crippen molar-refractivity contribution in [1.29, 1.82) is 0 Å². The van der Waals surface area contributed by atoms with Crippen LogP contribution in [0.15, 0.2) is 4.99 Å². The van der Waals surface area contributed by atoms with Gasteiger partial charge in [0, 0.05) is 39.9 Å². The number of alkyl halides is 3. The molecule has 1 aliphatic rings. The molecule has 1 rings (SSSR count). The maximum atomic E-state index is 11.9. The Morgan fingerprint density at radius 3 is 2.61 bits per heavy atom. The van der Waals surface area contributed by atoms with Crippen LogP contribution in [0.2, 0.25) is 0 Å². The zero-order valence-electron chi connectivity index (χ0n) is 14.0. The second-order valence-corrected chi connectivity index (χ2v) is 5.70. The third-order valence-corrected chi connectivity index (χ3v) is 3.29. The highest BCUT2D eigenvalue weighted by atomic mass is 19.4. The van der Waals surface area contributed by atoms with Crippen LogP contribution in [-0.4, -0.2) is 70.1 Å². The van der Waals surface area contributed by atoms with E-state index >= 15 is 0 Å². The lowest BCUT2D eigenvalue weighted by Gasteiger charge is -2.22. The summed E-state index contributed by atoms with van der Waals surface area (Å²) in [5, 5.41) is 3.16. The van der Waals surface area contributed by atoms with Crippen LogP contribution in [0, 0.1) is 5.92 Å². The number of aliphatic imine (C=N–C) groups is 1. The van der Waals surface area contributed by atoms with E-state index in [0.717, 1.165) is 31.6 Å². The van der Waals surface area contributed by atoms with Crippen molar-refractivity contribution in [3.05, 3.63) is 0 Å². The molecule has 1 fully saturated rings. The molecule has 1 saturated carbocycles. The Morgan fingerprint density at radius 1 is 1.26 bits per heavy atom. The van der Waals surface area contributed by atoms with Crippen molar-refractivity contribution >= 4 is 5.96 Å². The highest BCUT2D eigenvalue weighted by Crippen LogP contribution is 2.28. The van der Waals surface area contributed by atoms with Gasteiger partial charge in [0.1, 0.15) is 6.61 Å². The fourth-order valence-corrected chi connectivity index (χ4v) is 1.85. The topological polar surface area (TPSA) is 46.1 Å². The first-order valence-electron chi connectivity index (χ1n) is 8.14. The van der Waals surface area contributed by atoms with Crippen LogP contribution in [0.25, 0.3) is 0 Å². The summed E-state index contributed by atoms with van der Waals surface area (Å²) in [6, 6.07) is 0. The van der Waals surface area contributed by atoms with E-state index in [1.165, 1.54) is 12.8 Å². The summed E-state index contributed by atoms with van der Waals surface area (Å²) in [4.78, 5) is 6.35. The van der Waals surface area contributed by atoms with E-state index in [1.54, 1.807) is 0 Å². The third kappa shape index (κ3) is 11.2. The van der Waals surface area contributed by atoms with E-state index in [4.69, 9.17) is 4.74 Å². The van der Waals surface area contributed by atoms with Crippen LogP contribution in [0.4, 0.5) is 13.2 Å². The van der Waals surface area contributed by atoms with Crippen LogP contribution in [0.1, 0.15) is 26.2 Å². The van der Waals surface area contributed by atoms with Gasteiger partial charge < -0.3 is 19.7 Å². The average Bonchev–Trinajstić information content (AvgIpc) is 3.29. The van der Waals surface area contributed by atoms with Gasteiger partial charge in [0.2, 0.25) is 0 Å². The van der Waals surface area contributed by atoms with Gasteiger partial charge in [-0.3, -0.25) is 4.99 Å². The molecule has 5 nitrogen and oxygen atoms in total. The number of likely N-dealkylation sites (N-methyl/N-ethyl adjacent to an activating group) is 1. The number of nitrogens with zero attached hydrogens (tertiary/aromatic N) is 2. The number of hydrogen-bond acceptors (Lipinski definition) is 3. The summed E-state index contributed by atoms with van der Waals surface area (Å²) in [5.41, 5.74) is 0. The highest BCUT2D eigenvalue weighted by Gasteiger charge is 2.27. The number of hydrogen-bond donors (Lipinski definition) is 1. The number of halogens is 3. The van der Waals surface area contributed by atoms with Gasteiger partial charge in [0.05, 0.1) is 6.61 Å². The number of nitrogens with one attached hydrogen (secondary N) is 1. The molecule has 136 valence electrons.